The Balaban J connectivity index is 2.55. The molecule has 0 bridgehead atoms. The van der Waals surface area contributed by atoms with Gasteiger partial charge in [0.05, 0.1) is 6.04 Å². The lowest BCUT2D eigenvalue weighted by Gasteiger charge is -2.21. The number of halogens is 2. The van der Waals surface area contributed by atoms with Gasteiger partial charge in [-0.3, -0.25) is 0 Å². The Hall–Kier alpha value is -1.74. The number of aryl methyl sites for hydroxylation is 3. The Bertz CT molecular complexity index is 615. The molecule has 0 saturated heterocycles. The molecule has 0 aliphatic carbocycles. The van der Waals surface area contributed by atoms with E-state index in [1.54, 1.807) is 7.05 Å². The molecule has 1 unspecified atom stereocenters. The van der Waals surface area contributed by atoms with Crippen molar-refractivity contribution < 1.29 is 8.78 Å². The predicted molar refractivity (Wildman–Crippen MR) is 77.9 cm³/mol. The highest BCUT2D eigenvalue weighted by molar-refractivity contribution is 5.42. The highest BCUT2D eigenvalue weighted by atomic mass is 19.1. The molecule has 0 heterocycles. The van der Waals surface area contributed by atoms with Crippen LogP contribution in [-0.2, 0) is 0 Å². The first kappa shape index (κ1) is 14.7. The Kier molecular flexibility index (Phi) is 4.19. The van der Waals surface area contributed by atoms with Crippen LogP contribution in [0.1, 0.15) is 33.9 Å². The molecule has 2 aromatic rings. The minimum Gasteiger partial charge on any atom is -0.309 e. The van der Waals surface area contributed by atoms with Gasteiger partial charge in [0.2, 0.25) is 0 Å². The second-order valence-electron chi connectivity index (χ2n) is 5.22. The van der Waals surface area contributed by atoms with Gasteiger partial charge >= 0.3 is 0 Å². The first-order chi connectivity index (χ1) is 9.42. The van der Waals surface area contributed by atoms with E-state index in [0.717, 1.165) is 17.2 Å². The lowest BCUT2D eigenvalue weighted by Crippen LogP contribution is -2.19. The topological polar surface area (TPSA) is 12.0 Å². The summed E-state index contributed by atoms with van der Waals surface area (Å²) in [6.45, 7) is 6.11. The van der Waals surface area contributed by atoms with Gasteiger partial charge in [-0.25, -0.2) is 8.78 Å². The van der Waals surface area contributed by atoms with Gasteiger partial charge in [0.1, 0.15) is 11.6 Å². The zero-order chi connectivity index (χ0) is 14.9. The Morgan fingerprint density at radius 2 is 1.35 bits per heavy atom. The van der Waals surface area contributed by atoms with Crippen molar-refractivity contribution in [3.8, 4) is 0 Å². The van der Waals surface area contributed by atoms with Crippen molar-refractivity contribution in [1.82, 2.24) is 5.32 Å². The minimum atomic E-state index is -0.554. The zero-order valence-corrected chi connectivity index (χ0v) is 12.2. The molecule has 20 heavy (non-hydrogen) atoms. The van der Waals surface area contributed by atoms with Crippen molar-refractivity contribution in [3.05, 3.63) is 69.8 Å². The fourth-order valence-electron chi connectivity index (χ4n) is 2.54. The van der Waals surface area contributed by atoms with Crippen LogP contribution >= 0.6 is 0 Å². The Morgan fingerprint density at radius 1 is 0.800 bits per heavy atom. The predicted octanol–water partition coefficient (Wildman–Crippen LogP) is 4.20. The summed E-state index contributed by atoms with van der Waals surface area (Å²) in [5, 5.41) is 3.14. The van der Waals surface area contributed by atoms with Gasteiger partial charge in [-0.05, 0) is 67.8 Å². The van der Waals surface area contributed by atoms with E-state index < -0.39 is 11.6 Å². The van der Waals surface area contributed by atoms with Crippen LogP contribution in [0.5, 0.6) is 0 Å². The number of hydrogen-bond donors (Lipinski definition) is 1. The van der Waals surface area contributed by atoms with Gasteiger partial charge in [-0.15, -0.1) is 0 Å². The lowest BCUT2D eigenvalue weighted by molar-refractivity contribution is 0.571. The largest absolute Gasteiger partial charge is 0.309 e. The average Bonchev–Trinajstić information content (AvgIpc) is 2.35. The molecule has 0 amide bonds. The quantitative estimate of drug-likeness (QED) is 0.885. The SMILES string of the molecule is CNC(c1cc(F)cc(F)c1)c1cc(C)c(C)cc1C. The van der Waals surface area contributed by atoms with Crippen LogP contribution in [0.15, 0.2) is 30.3 Å². The molecule has 0 aliphatic rings. The van der Waals surface area contributed by atoms with Gasteiger partial charge in [0.25, 0.3) is 0 Å². The van der Waals surface area contributed by atoms with Crippen molar-refractivity contribution in [2.24, 2.45) is 0 Å². The summed E-state index contributed by atoms with van der Waals surface area (Å²) in [5.41, 5.74) is 5.13. The van der Waals surface area contributed by atoms with Gasteiger partial charge in [-0.2, -0.15) is 0 Å². The fourth-order valence-corrected chi connectivity index (χ4v) is 2.54. The van der Waals surface area contributed by atoms with Gasteiger partial charge in [0, 0.05) is 6.07 Å². The van der Waals surface area contributed by atoms with Crippen molar-refractivity contribution >= 4 is 0 Å². The highest BCUT2D eigenvalue weighted by Gasteiger charge is 2.17. The van der Waals surface area contributed by atoms with Gasteiger partial charge < -0.3 is 5.32 Å². The fraction of sp³-hybridized carbons (Fsp3) is 0.294. The molecule has 1 N–H and O–H groups in total. The molecule has 1 nitrogen and oxygen atoms in total. The maximum atomic E-state index is 13.4. The first-order valence-corrected chi connectivity index (χ1v) is 6.63. The molecule has 0 aromatic heterocycles. The Labute approximate surface area is 118 Å². The molecular formula is C17H19F2N. The minimum absolute atomic E-state index is 0.223. The van der Waals surface area contributed by atoms with E-state index in [4.69, 9.17) is 0 Å². The molecule has 1 atom stereocenters. The van der Waals surface area contributed by atoms with E-state index in [1.807, 2.05) is 13.8 Å². The molecule has 0 aliphatic heterocycles. The summed E-state index contributed by atoms with van der Waals surface area (Å²) in [6.07, 6.45) is 0. The normalized spacial score (nSPS) is 12.5. The molecule has 3 heteroatoms. The van der Waals surface area contributed by atoms with Crippen LogP contribution < -0.4 is 5.32 Å². The summed E-state index contributed by atoms with van der Waals surface area (Å²) < 4.78 is 26.8. The monoisotopic (exact) mass is 275 g/mol. The third-order valence-electron chi connectivity index (χ3n) is 3.70. The van der Waals surface area contributed by atoms with Crippen molar-refractivity contribution in [2.45, 2.75) is 26.8 Å². The highest BCUT2D eigenvalue weighted by Crippen LogP contribution is 2.28. The Morgan fingerprint density at radius 3 is 1.90 bits per heavy atom. The molecule has 0 fully saturated rings. The van der Waals surface area contributed by atoms with Gasteiger partial charge in [-0.1, -0.05) is 12.1 Å². The molecule has 0 saturated carbocycles. The summed E-state index contributed by atoms with van der Waals surface area (Å²) >= 11 is 0. The second-order valence-corrected chi connectivity index (χ2v) is 5.22. The van der Waals surface area contributed by atoms with Crippen LogP contribution in [0.3, 0.4) is 0 Å². The number of rotatable bonds is 3. The summed E-state index contributed by atoms with van der Waals surface area (Å²) in [5.74, 6) is -1.11. The van der Waals surface area contributed by atoms with E-state index in [-0.39, 0.29) is 6.04 Å². The van der Waals surface area contributed by atoms with E-state index in [2.05, 4.69) is 24.4 Å². The maximum absolute atomic E-state index is 13.4. The van der Waals surface area contributed by atoms with Gasteiger partial charge in [0.15, 0.2) is 0 Å². The molecule has 106 valence electrons. The van der Waals surface area contributed by atoms with Crippen LogP contribution in [0, 0.1) is 32.4 Å². The third-order valence-corrected chi connectivity index (χ3v) is 3.70. The van der Waals surface area contributed by atoms with Crippen LogP contribution in [-0.4, -0.2) is 7.05 Å². The standard InChI is InChI=1S/C17H19F2N/c1-10-5-12(3)16(6-11(10)2)17(20-4)13-7-14(18)9-15(19)8-13/h5-9,17,20H,1-4H3. The number of nitrogens with one attached hydrogen (secondary N) is 1. The van der Waals surface area contributed by atoms with Crippen molar-refractivity contribution in [1.29, 1.82) is 0 Å². The van der Waals surface area contributed by atoms with Crippen molar-refractivity contribution in [2.75, 3.05) is 7.05 Å². The zero-order valence-electron chi connectivity index (χ0n) is 12.2. The first-order valence-electron chi connectivity index (χ1n) is 6.63. The molecule has 0 spiro atoms. The van der Waals surface area contributed by atoms with Crippen LogP contribution in [0.4, 0.5) is 8.78 Å². The van der Waals surface area contributed by atoms with E-state index in [9.17, 15) is 8.78 Å². The summed E-state index contributed by atoms with van der Waals surface area (Å²) in [6, 6.07) is 7.60. The summed E-state index contributed by atoms with van der Waals surface area (Å²) in [7, 11) is 1.79. The third kappa shape index (κ3) is 2.88. The lowest BCUT2D eigenvalue weighted by atomic mass is 9.91. The van der Waals surface area contributed by atoms with E-state index >= 15 is 0 Å². The smallest absolute Gasteiger partial charge is 0.126 e. The number of hydrogen-bond acceptors (Lipinski definition) is 1. The molecular weight excluding hydrogens is 256 g/mol. The maximum Gasteiger partial charge on any atom is 0.126 e. The molecule has 0 radical (unpaired) electrons. The van der Waals surface area contributed by atoms with E-state index in [1.165, 1.54) is 23.3 Å². The summed E-state index contributed by atoms with van der Waals surface area (Å²) in [4.78, 5) is 0. The molecule has 2 rings (SSSR count). The van der Waals surface area contributed by atoms with E-state index in [0.29, 0.717) is 5.56 Å². The number of benzene rings is 2. The van der Waals surface area contributed by atoms with Crippen molar-refractivity contribution in [3.63, 3.8) is 0 Å². The second kappa shape index (κ2) is 5.71. The van der Waals surface area contributed by atoms with Crippen LogP contribution in [0.2, 0.25) is 0 Å². The molecule has 2 aromatic carbocycles. The van der Waals surface area contributed by atoms with Crippen LogP contribution in [0.25, 0.3) is 0 Å². The average molecular weight is 275 g/mol.